The second-order valence-electron chi connectivity index (χ2n) is 4.14. The fourth-order valence-corrected chi connectivity index (χ4v) is 2.54. The third-order valence-corrected chi connectivity index (χ3v) is 3.71. The van der Waals surface area contributed by atoms with E-state index in [1.54, 1.807) is 4.72 Å². The number of hydrogen-bond donors (Lipinski definition) is 2. The zero-order valence-corrected chi connectivity index (χ0v) is 11.3. The van der Waals surface area contributed by atoms with Gasteiger partial charge >= 0.3 is 12.1 Å². The Morgan fingerprint density at radius 2 is 1.90 bits per heavy atom. The number of carboxylic acid groups (broad SMARTS) is 1. The van der Waals surface area contributed by atoms with Crippen LogP contribution in [-0.2, 0) is 10.0 Å². The van der Waals surface area contributed by atoms with Gasteiger partial charge in [-0.25, -0.2) is 17.6 Å². The first kappa shape index (κ1) is 17.2. The van der Waals surface area contributed by atoms with Crippen LogP contribution in [0, 0.1) is 5.82 Å². The van der Waals surface area contributed by atoms with Gasteiger partial charge in [-0.3, -0.25) is 4.72 Å². The molecular formula is C11H11F4NO4S. The van der Waals surface area contributed by atoms with Crippen molar-refractivity contribution in [3.8, 4) is 0 Å². The largest absolute Gasteiger partial charge is 0.478 e. The summed E-state index contributed by atoms with van der Waals surface area (Å²) in [6.45, 7) is 0. The zero-order chi connectivity index (χ0) is 16.3. The monoisotopic (exact) mass is 329 g/mol. The maximum absolute atomic E-state index is 13.4. The van der Waals surface area contributed by atoms with Crippen molar-refractivity contribution in [2.75, 3.05) is 10.5 Å². The average molecular weight is 329 g/mol. The van der Waals surface area contributed by atoms with Crippen molar-refractivity contribution in [1.82, 2.24) is 0 Å². The molecule has 0 saturated heterocycles. The van der Waals surface area contributed by atoms with E-state index in [9.17, 15) is 30.8 Å². The minimum Gasteiger partial charge on any atom is -0.478 e. The molecule has 118 valence electrons. The van der Waals surface area contributed by atoms with Crippen molar-refractivity contribution in [3.05, 3.63) is 29.6 Å². The molecule has 10 heteroatoms. The summed E-state index contributed by atoms with van der Waals surface area (Å²) in [6.07, 6.45) is -6.45. The van der Waals surface area contributed by atoms with E-state index in [4.69, 9.17) is 5.11 Å². The standard InChI is InChI=1S/C11H11F4NO4S/c12-8-3-2-7(10(17)18)6-9(8)16-21(19,20)5-1-4-11(13,14)15/h2-3,6,16H,1,4-5H2,(H,17,18). The van der Waals surface area contributed by atoms with E-state index < -0.39 is 52.3 Å². The van der Waals surface area contributed by atoms with E-state index in [2.05, 4.69) is 0 Å². The highest BCUT2D eigenvalue weighted by molar-refractivity contribution is 7.92. The van der Waals surface area contributed by atoms with Crippen LogP contribution < -0.4 is 4.72 Å². The first-order valence-electron chi connectivity index (χ1n) is 5.60. The van der Waals surface area contributed by atoms with Crippen molar-refractivity contribution in [2.45, 2.75) is 19.0 Å². The number of alkyl halides is 3. The molecule has 0 aromatic heterocycles. The highest BCUT2D eigenvalue weighted by Gasteiger charge is 2.27. The number of anilines is 1. The molecule has 0 spiro atoms. The number of carboxylic acids is 1. The molecule has 2 N–H and O–H groups in total. The molecule has 0 unspecified atom stereocenters. The van der Waals surface area contributed by atoms with E-state index in [0.29, 0.717) is 0 Å². The minimum absolute atomic E-state index is 0.357. The number of sulfonamides is 1. The Balaban J connectivity index is 2.79. The van der Waals surface area contributed by atoms with Gasteiger partial charge in [-0.15, -0.1) is 0 Å². The third-order valence-electron chi connectivity index (χ3n) is 2.35. The molecule has 0 saturated carbocycles. The quantitative estimate of drug-likeness (QED) is 0.786. The van der Waals surface area contributed by atoms with Gasteiger partial charge in [0.05, 0.1) is 17.0 Å². The molecule has 1 aromatic carbocycles. The van der Waals surface area contributed by atoms with Crippen molar-refractivity contribution >= 4 is 21.7 Å². The van der Waals surface area contributed by atoms with Crippen molar-refractivity contribution in [1.29, 1.82) is 0 Å². The van der Waals surface area contributed by atoms with Gasteiger partial charge in [0.2, 0.25) is 10.0 Å². The summed E-state index contributed by atoms with van der Waals surface area (Å²) in [4.78, 5) is 10.7. The van der Waals surface area contributed by atoms with Gasteiger partial charge in [0, 0.05) is 6.42 Å². The molecule has 0 heterocycles. The van der Waals surface area contributed by atoms with Gasteiger partial charge in [0.25, 0.3) is 0 Å². The molecule has 1 rings (SSSR count). The van der Waals surface area contributed by atoms with Crippen molar-refractivity contribution in [3.63, 3.8) is 0 Å². The van der Waals surface area contributed by atoms with Gasteiger partial charge in [-0.05, 0) is 24.6 Å². The van der Waals surface area contributed by atoms with Crippen LogP contribution in [0.2, 0.25) is 0 Å². The molecule has 0 radical (unpaired) electrons. The Morgan fingerprint density at radius 1 is 1.29 bits per heavy atom. The molecule has 0 atom stereocenters. The lowest BCUT2D eigenvalue weighted by atomic mass is 10.2. The van der Waals surface area contributed by atoms with Crippen LogP contribution in [0.5, 0.6) is 0 Å². The van der Waals surface area contributed by atoms with E-state index >= 15 is 0 Å². The Labute approximate surface area is 117 Å². The summed E-state index contributed by atoms with van der Waals surface area (Å²) < 4.78 is 73.9. The molecule has 21 heavy (non-hydrogen) atoms. The van der Waals surface area contributed by atoms with Crippen LogP contribution in [0.15, 0.2) is 18.2 Å². The molecule has 0 bridgehead atoms. The van der Waals surface area contributed by atoms with E-state index in [1.165, 1.54) is 0 Å². The SMILES string of the molecule is O=C(O)c1ccc(F)c(NS(=O)(=O)CCCC(F)(F)F)c1. The number of carbonyl (C=O) groups is 1. The highest BCUT2D eigenvalue weighted by atomic mass is 32.2. The van der Waals surface area contributed by atoms with Gasteiger partial charge in [-0.1, -0.05) is 0 Å². The van der Waals surface area contributed by atoms with Crippen LogP contribution in [0.25, 0.3) is 0 Å². The van der Waals surface area contributed by atoms with E-state index in [1.807, 2.05) is 0 Å². The fourth-order valence-electron chi connectivity index (χ4n) is 1.42. The molecule has 0 aliphatic heterocycles. The number of rotatable bonds is 6. The lowest BCUT2D eigenvalue weighted by molar-refractivity contribution is -0.134. The molecule has 1 aromatic rings. The molecule has 0 aliphatic rings. The van der Waals surface area contributed by atoms with Gasteiger partial charge in [0.15, 0.2) is 0 Å². The second-order valence-corrected chi connectivity index (χ2v) is 5.98. The summed E-state index contributed by atoms with van der Waals surface area (Å²) in [5.41, 5.74) is -0.980. The number of halogens is 4. The first-order chi connectivity index (χ1) is 9.50. The Hall–Kier alpha value is -1.84. The lowest BCUT2D eigenvalue weighted by Crippen LogP contribution is -2.19. The molecule has 5 nitrogen and oxygen atoms in total. The Morgan fingerprint density at radius 3 is 2.43 bits per heavy atom. The Bertz CT molecular complexity index is 628. The molecule has 0 amide bonds. The molecule has 0 fully saturated rings. The van der Waals surface area contributed by atoms with Crippen LogP contribution in [0.4, 0.5) is 23.2 Å². The third kappa shape index (κ3) is 5.98. The highest BCUT2D eigenvalue weighted by Crippen LogP contribution is 2.22. The second kappa shape index (κ2) is 6.29. The van der Waals surface area contributed by atoms with Crippen LogP contribution in [0.3, 0.4) is 0 Å². The number of nitrogens with one attached hydrogen (secondary N) is 1. The topological polar surface area (TPSA) is 83.5 Å². The smallest absolute Gasteiger partial charge is 0.389 e. The fraction of sp³-hybridized carbons (Fsp3) is 0.364. The van der Waals surface area contributed by atoms with Gasteiger partial charge in [0.1, 0.15) is 5.82 Å². The van der Waals surface area contributed by atoms with Crippen LogP contribution in [0.1, 0.15) is 23.2 Å². The maximum atomic E-state index is 13.4. The Kier molecular flexibility index (Phi) is 5.15. The van der Waals surface area contributed by atoms with Crippen LogP contribution >= 0.6 is 0 Å². The predicted molar refractivity (Wildman–Crippen MR) is 66.1 cm³/mol. The van der Waals surface area contributed by atoms with Gasteiger partial charge < -0.3 is 5.11 Å². The first-order valence-corrected chi connectivity index (χ1v) is 7.25. The average Bonchev–Trinajstić information content (AvgIpc) is 2.29. The maximum Gasteiger partial charge on any atom is 0.389 e. The lowest BCUT2D eigenvalue weighted by Gasteiger charge is -2.10. The summed E-state index contributed by atoms with van der Waals surface area (Å²) in [5, 5.41) is 8.70. The predicted octanol–water partition coefficient (Wildman–Crippen LogP) is 2.61. The number of benzene rings is 1. The van der Waals surface area contributed by atoms with E-state index in [0.717, 1.165) is 18.2 Å². The van der Waals surface area contributed by atoms with Crippen molar-refractivity contribution < 1.29 is 35.9 Å². The van der Waals surface area contributed by atoms with E-state index in [-0.39, 0.29) is 5.56 Å². The van der Waals surface area contributed by atoms with Crippen LogP contribution in [-0.4, -0.2) is 31.4 Å². The minimum atomic E-state index is -4.48. The van der Waals surface area contributed by atoms with Gasteiger partial charge in [-0.2, -0.15) is 13.2 Å². The number of hydrogen-bond acceptors (Lipinski definition) is 3. The van der Waals surface area contributed by atoms with Crippen molar-refractivity contribution in [2.24, 2.45) is 0 Å². The number of aromatic carboxylic acids is 1. The summed E-state index contributed by atoms with van der Waals surface area (Å²) in [6, 6.07) is 2.43. The molecule has 0 aliphatic carbocycles. The normalized spacial score (nSPS) is 12.2. The summed E-state index contributed by atoms with van der Waals surface area (Å²) >= 11 is 0. The summed E-state index contributed by atoms with van der Waals surface area (Å²) in [7, 11) is -4.20. The zero-order valence-electron chi connectivity index (χ0n) is 10.4. The molecular weight excluding hydrogens is 318 g/mol. The summed E-state index contributed by atoms with van der Waals surface area (Å²) in [5.74, 6) is -3.28.